The van der Waals surface area contributed by atoms with Gasteiger partial charge in [0.25, 0.3) is 0 Å². The standard InChI is InChI=1S/C17H27N3O/c1-2-20(16-11-7-8-14(18)12-16)13-17(21)19-15-9-5-3-4-6-10-15/h7-8,11-12,15H,2-6,9-10,13,18H2,1H3,(H,19,21). The van der Waals surface area contributed by atoms with Gasteiger partial charge < -0.3 is 16.0 Å². The summed E-state index contributed by atoms with van der Waals surface area (Å²) < 4.78 is 0. The van der Waals surface area contributed by atoms with E-state index >= 15 is 0 Å². The molecule has 0 aliphatic heterocycles. The zero-order chi connectivity index (χ0) is 15.1. The monoisotopic (exact) mass is 289 g/mol. The lowest BCUT2D eigenvalue weighted by atomic mass is 10.1. The van der Waals surface area contributed by atoms with Crippen molar-refractivity contribution >= 4 is 17.3 Å². The van der Waals surface area contributed by atoms with Gasteiger partial charge in [-0.25, -0.2) is 0 Å². The molecule has 1 aromatic rings. The normalized spacial score (nSPS) is 16.2. The molecule has 1 amide bonds. The van der Waals surface area contributed by atoms with Crippen molar-refractivity contribution in [3.05, 3.63) is 24.3 Å². The molecule has 4 nitrogen and oxygen atoms in total. The Labute approximate surface area is 127 Å². The number of amides is 1. The maximum absolute atomic E-state index is 12.3. The molecule has 0 spiro atoms. The van der Waals surface area contributed by atoms with Crippen molar-refractivity contribution < 1.29 is 4.79 Å². The van der Waals surface area contributed by atoms with Crippen molar-refractivity contribution in [1.82, 2.24) is 5.32 Å². The third-order valence-electron chi connectivity index (χ3n) is 4.17. The van der Waals surface area contributed by atoms with Gasteiger partial charge in [0.2, 0.25) is 5.91 Å². The number of nitrogens with zero attached hydrogens (tertiary/aromatic N) is 1. The minimum atomic E-state index is 0.117. The van der Waals surface area contributed by atoms with Gasteiger partial charge in [0.15, 0.2) is 0 Å². The quantitative estimate of drug-likeness (QED) is 0.647. The van der Waals surface area contributed by atoms with E-state index in [0.29, 0.717) is 12.6 Å². The smallest absolute Gasteiger partial charge is 0.239 e. The molecule has 1 saturated carbocycles. The fourth-order valence-corrected chi connectivity index (χ4v) is 2.98. The Morgan fingerprint density at radius 2 is 2.00 bits per heavy atom. The lowest BCUT2D eigenvalue weighted by Gasteiger charge is -2.24. The summed E-state index contributed by atoms with van der Waals surface area (Å²) in [5.41, 5.74) is 7.56. The Balaban J connectivity index is 1.90. The molecule has 1 fully saturated rings. The van der Waals surface area contributed by atoms with Crippen LogP contribution in [0.4, 0.5) is 11.4 Å². The van der Waals surface area contributed by atoms with E-state index in [2.05, 4.69) is 17.1 Å². The molecular weight excluding hydrogens is 262 g/mol. The number of hydrogen-bond acceptors (Lipinski definition) is 3. The Morgan fingerprint density at radius 1 is 1.29 bits per heavy atom. The van der Waals surface area contributed by atoms with Gasteiger partial charge in [-0.2, -0.15) is 0 Å². The van der Waals surface area contributed by atoms with Crippen molar-refractivity contribution in [3.63, 3.8) is 0 Å². The number of rotatable bonds is 5. The van der Waals surface area contributed by atoms with Crippen LogP contribution in [0.2, 0.25) is 0 Å². The summed E-state index contributed by atoms with van der Waals surface area (Å²) in [6.45, 7) is 3.25. The summed E-state index contributed by atoms with van der Waals surface area (Å²) in [5, 5.41) is 3.20. The van der Waals surface area contributed by atoms with E-state index < -0.39 is 0 Å². The van der Waals surface area contributed by atoms with Gasteiger partial charge in [0.05, 0.1) is 6.54 Å². The Bertz CT molecular complexity index is 453. The van der Waals surface area contributed by atoms with Gasteiger partial charge in [0.1, 0.15) is 0 Å². The molecule has 0 aromatic heterocycles. The number of nitrogens with one attached hydrogen (secondary N) is 1. The fourth-order valence-electron chi connectivity index (χ4n) is 2.98. The minimum absolute atomic E-state index is 0.117. The predicted molar refractivity (Wildman–Crippen MR) is 88.4 cm³/mol. The van der Waals surface area contributed by atoms with Gasteiger partial charge in [-0.3, -0.25) is 4.79 Å². The van der Waals surface area contributed by atoms with E-state index in [1.54, 1.807) is 0 Å². The van der Waals surface area contributed by atoms with Gasteiger partial charge in [-0.1, -0.05) is 31.7 Å². The van der Waals surface area contributed by atoms with Crippen molar-refractivity contribution in [2.24, 2.45) is 0 Å². The highest BCUT2D eigenvalue weighted by atomic mass is 16.2. The Hall–Kier alpha value is -1.71. The molecular formula is C17H27N3O. The molecule has 0 heterocycles. The van der Waals surface area contributed by atoms with E-state index in [-0.39, 0.29) is 5.91 Å². The zero-order valence-electron chi connectivity index (χ0n) is 13.0. The highest BCUT2D eigenvalue weighted by Crippen LogP contribution is 2.18. The highest BCUT2D eigenvalue weighted by Gasteiger charge is 2.16. The molecule has 0 saturated heterocycles. The second kappa shape index (κ2) is 7.91. The third-order valence-corrected chi connectivity index (χ3v) is 4.17. The average molecular weight is 289 g/mol. The molecule has 3 N–H and O–H groups in total. The van der Waals surface area contributed by atoms with Crippen LogP contribution in [-0.4, -0.2) is 25.0 Å². The number of carbonyl (C=O) groups excluding carboxylic acids is 1. The van der Waals surface area contributed by atoms with Gasteiger partial charge in [-0.15, -0.1) is 0 Å². The van der Waals surface area contributed by atoms with Gasteiger partial charge in [0, 0.05) is 24.0 Å². The van der Waals surface area contributed by atoms with Crippen molar-refractivity contribution in [2.45, 2.75) is 51.5 Å². The highest BCUT2D eigenvalue weighted by molar-refractivity contribution is 5.81. The molecule has 4 heteroatoms. The molecule has 1 aliphatic carbocycles. The number of nitrogens with two attached hydrogens (primary N) is 1. The number of nitrogen functional groups attached to an aromatic ring is 1. The number of benzene rings is 1. The first-order chi connectivity index (χ1) is 10.2. The molecule has 0 atom stereocenters. The predicted octanol–water partition coefficient (Wildman–Crippen LogP) is 2.93. The van der Waals surface area contributed by atoms with Crippen LogP contribution in [0.3, 0.4) is 0 Å². The molecule has 0 bridgehead atoms. The van der Waals surface area contributed by atoms with E-state index in [4.69, 9.17) is 5.73 Å². The zero-order valence-corrected chi connectivity index (χ0v) is 13.0. The molecule has 21 heavy (non-hydrogen) atoms. The summed E-state index contributed by atoms with van der Waals surface area (Å²) in [4.78, 5) is 14.3. The Morgan fingerprint density at radius 3 is 2.62 bits per heavy atom. The van der Waals surface area contributed by atoms with Crippen LogP contribution in [0, 0.1) is 0 Å². The van der Waals surface area contributed by atoms with Crippen LogP contribution in [0.1, 0.15) is 45.4 Å². The number of likely N-dealkylation sites (N-methyl/N-ethyl adjacent to an activating group) is 1. The SMILES string of the molecule is CCN(CC(=O)NC1CCCCCC1)c1cccc(N)c1. The average Bonchev–Trinajstić information content (AvgIpc) is 2.73. The molecule has 0 unspecified atom stereocenters. The van der Waals surface area contributed by atoms with Crippen LogP contribution in [0.25, 0.3) is 0 Å². The summed E-state index contributed by atoms with van der Waals surface area (Å²) >= 11 is 0. The van der Waals surface area contributed by atoms with Crippen molar-refractivity contribution in [1.29, 1.82) is 0 Å². The first-order valence-electron chi connectivity index (χ1n) is 8.09. The number of hydrogen-bond donors (Lipinski definition) is 2. The van der Waals surface area contributed by atoms with E-state index in [1.807, 2.05) is 24.3 Å². The van der Waals surface area contributed by atoms with E-state index in [1.165, 1.54) is 25.7 Å². The molecule has 1 aliphatic rings. The lowest BCUT2D eigenvalue weighted by Crippen LogP contribution is -2.42. The van der Waals surface area contributed by atoms with Crippen LogP contribution in [0.5, 0.6) is 0 Å². The summed E-state index contributed by atoms with van der Waals surface area (Å²) in [6, 6.07) is 8.07. The van der Waals surface area contributed by atoms with Gasteiger partial charge in [-0.05, 0) is 38.0 Å². The number of carbonyl (C=O) groups is 1. The Kier molecular flexibility index (Phi) is 5.90. The topological polar surface area (TPSA) is 58.4 Å². The largest absolute Gasteiger partial charge is 0.399 e. The number of anilines is 2. The molecule has 2 rings (SSSR count). The minimum Gasteiger partial charge on any atom is -0.399 e. The fraction of sp³-hybridized carbons (Fsp3) is 0.588. The van der Waals surface area contributed by atoms with Crippen LogP contribution >= 0.6 is 0 Å². The summed E-state index contributed by atoms with van der Waals surface area (Å²) in [5.74, 6) is 0.117. The molecule has 1 aromatic carbocycles. The van der Waals surface area contributed by atoms with E-state index in [0.717, 1.165) is 30.8 Å². The van der Waals surface area contributed by atoms with Crippen molar-refractivity contribution in [3.8, 4) is 0 Å². The third kappa shape index (κ3) is 4.96. The maximum atomic E-state index is 12.3. The second-order valence-corrected chi connectivity index (χ2v) is 5.87. The molecule has 0 radical (unpaired) electrons. The van der Waals surface area contributed by atoms with Gasteiger partial charge >= 0.3 is 0 Å². The maximum Gasteiger partial charge on any atom is 0.239 e. The second-order valence-electron chi connectivity index (χ2n) is 5.87. The van der Waals surface area contributed by atoms with E-state index in [9.17, 15) is 4.79 Å². The lowest BCUT2D eigenvalue weighted by molar-refractivity contribution is -0.120. The summed E-state index contributed by atoms with van der Waals surface area (Å²) in [7, 11) is 0. The summed E-state index contributed by atoms with van der Waals surface area (Å²) in [6.07, 6.45) is 7.31. The molecule has 116 valence electrons. The van der Waals surface area contributed by atoms with Crippen LogP contribution < -0.4 is 16.0 Å². The van der Waals surface area contributed by atoms with Crippen LogP contribution in [0.15, 0.2) is 24.3 Å². The first kappa shape index (κ1) is 15.7. The van der Waals surface area contributed by atoms with Crippen molar-refractivity contribution in [2.75, 3.05) is 23.7 Å². The van der Waals surface area contributed by atoms with Crippen LogP contribution in [-0.2, 0) is 4.79 Å². The first-order valence-corrected chi connectivity index (χ1v) is 8.09.